The van der Waals surface area contributed by atoms with Gasteiger partial charge in [-0.3, -0.25) is 0 Å². The molecule has 266 valence electrons. The maximum atomic E-state index is 6.72. The standard InChI is InChI=1S/C53H33N3O/c1-4-14-34(15-5-1)42-27-43(35-16-6-2-7-17-35)29-44(28-42)52-54-51(41-25-24-36-18-10-11-21-38(36)26-41)55-53(56-52)45-31-46(37-19-8-3-9-20-37)50-47-30-39-22-12-13-23-40(39)32-48(47)57-49(50)33-45/h1-33H. The van der Waals surface area contributed by atoms with Gasteiger partial charge in [0, 0.05) is 27.5 Å². The summed E-state index contributed by atoms with van der Waals surface area (Å²) in [5.74, 6) is 1.76. The molecule has 4 heteroatoms. The van der Waals surface area contributed by atoms with E-state index in [2.05, 4.69) is 182 Å². The number of aromatic nitrogens is 3. The molecule has 0 saturated heterocycles. The van der Waals surface area contributed by atoms with Gasteiger partial charge >= 0.3 is 0 Å². The molecule has 11 rings (SSSR count). The van der Waals surface area contributed by atoms with Crippen molar-refractivity contribution >= 4 is 43.5 Å². The van der Waals surface area contributed by atoms with Gasteiger partial charge in [-0.1, -0.05) is 152 Å². The molecule has 0 bridgehead atoms. The fourth-order valence-corrected chi connectivity index (χ4v) is 8.01. The maximum Gasteiger partial charge on any atom is 0.164 e. The number of nitrogens with zero attached hydrogens (tertiary/aromatic N) is 3. The third-order valence-corrected chi connectivity index (χ3v) is 10.8. The number of rotatable bonds is 6. The molecule has 0 unspecified atom stereocenters. The van der Waals surface area contributed by atoms with Gasteiger partial charge in [-0.2, -0.15) is 0 Å². The SMILES string of the molecule is c1ccc(-c2cc(-c3ccccc3)cc(-c3nc(-c4ccc5ccccc5c4)nc(-c4cc(-c5ccccc5)c5c(c4)oc4cc6ccccc6cc45)n3)c2)cc1. The van der Waals surface area contributed by atoms with E-state index in [1.807, 2.05) is 18.2 Å². The second-order valence-electron chi connectivity index (χ2n) is 14.5. The smallest absolute Gasteiger partial charge is 0.164 e. The number of fused-ring (bicyclic) bond motifs is 5. The minimum absolute atomic E-state index is 0.569. The van der Waals surface area contributed by atoms with Crippen molar-refractivity contribution in [3.8, 4) is 67.5 Å². The molecule has 0 saturated carbocycles. The first-order valence-electron chi connectivity index (χ1n) is 19.2. The van der Waals surface area contributed by atoms with Gasteiger partial charge < -0.3 is 4.42 Å². The van der Waals surface area contributed by atoms with E-state index in [-0.39, 0.29) is 0 Å². The van der Waals surface area contributed by atoms with Gasteiger partial charge in [-0.25, -0.2) is 15.0 Å². The van der Waals surface area contributed by atoms with E-state index >= 15 is 0 Å². The summed E-state index contributed by atoms with van der Waals surface area (Å²) >= 11 is 0. The van der Waals surface area contributed by atoms with Gasteiger partial charge in [-0.15, -0.1) is 0 Å². The summed E-state index contributed by atoms with van der Waals surface area (Å²) in [5, 5.41) is 6.74. The van der Waals surface area contributed by atoms with E-state index in [0.29, 0.717) is 17.5 Å². The highest BCUT2D eigenvalue weighted by Crippen LogP contribution is 2.42. The zero-order chi connectivity index (χ0) is 37.7. The fourth-order valence-electron chi connectivity index (χ4n) is 8.01. The lowest BCUT2D eigenvalue weighted by atomic mass is 9.95. The summed E-state index contributed by atoms with van der Waals surface area (Å²) in [6.07, 6.45) is 0. The Balaban J connectivity index is 1.18. The predicted octanol–water partition coefficient (Wildman–Crippen LogP) is 14.1. The minimum atomic E-state index is 0.569. The van der Waals surface area contributed by atoms with Gasteiger partial charge in [0.2, 0.25) is 0 Å². The lowest BCUT2D eigenvalue weighted by molar-refractivity contribution is 0.669. The number of furan rings is 1. The van der Waals surface area contributed by atoms with Crippen LogP contribution in [0.15, 0.2) is 205 Å². The second-order valence-corrected chi connectivity index (χ2v) is 14.5. The zero-order valence-electron chi connectivity index (χ0n) is 30.8. The molecule has 0 spiro atoms. The lowest BCUT2D eigenvalue weighted by Gasteiger charge is -2.13. The van der Waals surface area contributed by atoms with Crippen LogP contribution in [0.2, 0.25) is 0 Å². The van der Waals surface area contributed by atoms with Crippen molar-refractivity contribution in [1.82, 2.24) is 15.0 Å². The molecule has 0 amide bonds. The van der Waals surface area contributed by atoms with Crippen LogP contribution in [0.4, 0.5) is 0 Å². The summed E-state index contributed by atoms with van der Waals surface area (Å²) in [7, 11) is 0. The first-order chi connectivity index (χ1) is 28.2. The minimum Gasteiger partial charge on any atom is -0.456 e. The fraction of sp³-hybridized carbons (Fsp3) is 0. The molecule has 0 N–H and O–H groups in total. The highest BCUT2D eigenvalue weighted by Gasteiger charge is 2.20. The Morgan fingerprint density at radius 2 is 0.754 bits per heavy atom. The Kier molecular flexibility index (Phi) is 7.78. The van der Waals surface area contributed by atoms with Gasteiger partial charge in [0.1, 0.15) is 11.2 Å². The van der Waals surface area contributed by atoms with E-state index < -0.39 is 0 Å². The van der Waals surface area contributed by atoms with Crippen molar-refractivity contribution in [3.05, 3.63) is 200 Å². The van der Waals surface area contributed by atoms with Crippen molar-refractivity contribution in [2.45, 2.75) is 0 Å². The quantitative estimate of drug-likeness (QED) is 0.171. The van der Waals surface area contributed by atoms with Crippen LogP contribution >= 0.6 is 0 Å². The van der Waals surface area contributed by atoms with Crippen molar-refractivity contribution in [2.24, 2.45) is 0 Å². The molecule has 0 aliphatic heterocycles. The summed E-state index contributed by atoms with van der Waals surface area (Å²) in [6.45, 7) is 0. The average Bonchev–Trinajstić information content (AvgIpc) is 3.65. The normalized spacial score (nSPS) is 11.5. The Labute approximate surface area is 329 Å². The summed E-state index contributed by atoms with van der Waals surface area (Å²) < 4.78 is 6.72. The first-order valence-corrected chi connectivity index (χ1v) is 19.2. The van der Waals surface area contributed by atoms with Gasteiger partial charge in [-0.05, 0) is 103 Å². The number of hydrogen-bond acceptors (Lipinski definition) is 4. The largest absolute Gasteiger partial charge is 0.456 e. The van der Waals surface area contributed by atoms with Crippen LogP contribution in [0.5, 0.6) is 0 Å². The second kappa shape index (κ2) is 13.6. The van der Waals surface area contributed by atoms with Gasteiger partial charge in [0.25, 0.3) is 0 Å². The number of hydrogen-bond donors (Lipinski definition) is 0. The Bertz CT molecular complexity index is 3220. The molecule has 0 radical (unpaired) electrons. The van der Waals surface area contributed by atoms with Crippen LogP contribution < -0.4 is 0 Å². The van der Waals surface area contributed by atoms with Crippen LogP contribution in [-0.2, 0) is 0 Å². The monoisotopic (exact) mass is 727 g/mol. The molecule has 57 heavy (non-hydrogen) atoms. The van der Waals surface area contributed by atoms with Crippen LogP contribution in [0.1, 0.15) is 0 Å². The van der Waals surface area contributed by atoms with Gasteiger partial charge in [0.15, 0.2) is 17.5 Å². The molecular weight excluding hydrogens is 695 g/mol. The summed E-state index contributed by atoms with van der Waals surface area (Å²) in [5.41, 5.74) is 10.9. The zero-order valence-corrected chi connectivity index (χ0v) is 30.8. The Morgan fingerprint density at radius 1 is 0.281 bits per heavy atom. The third kappa shape index (κ3) is 6.01. The molecule has 9 aromatic carbocycles. The van der Waals surface area contributed by atoms with E-state index in [1.54, 1.807) is 0 Å². The molecule has 0 fully saturated rings. The third-order valence-electron chi connectivity index (χ3n) is 10.8. The topological polar surface area (TPSA) is 51.8 Å². The maximum absolute atomic E-state index is 6.72. The van der Waals surface area contributed by atoms with Gasteiger partial charge in [0.05, 0.1) is 0 Å². The van der Waals surface area contributed by atoms with E-state index in [9.17, 15) is 0 Å². The summed E-state index contributed by atoms with van der Waals surface area (Å²) in [6, 6.07) is 70.0. The van der Waals surface area contributed by atoms with Crippen molar-refractivity contribution in [3.63, 3.8) is 0 Å². The molecule has 2 aromatic heterocycles. The van der Waals surface area contributed by atoms with E-state index in [0.717, 1.165) is 88.2 Å². The van der Waals surface area contributed by atoms with Crippen molar-refractivity contribution in [1.29, 1.82) is 0 Å². The molecule has 11 aromatic rings. The molecule has 2 heterocycles. The Morgan fingerprint density at radius 3 is 1.37 bits per heavy atom. The van der Waals surface area contributed by atoms with Crippen LogP contribution in [-0.4, -0.2) is 15.0 Å². The van der Waals surface area contributed by atoms with E-state index in [4.69, 9.17) is 19.4 Å². The lowest BCUT2D eigenvalue weighted by Crippen LogP contribution is -2.01. The van der Waals surface area contributed by atoms with Crippen LogP contribution in [0, 0.1) is 0 Å². The van der Waals surface area contributed by atoms with Crippen LogP contribution in [0.25, 0.3) is 111 Å². The first kappa shape index (κ1) is 32.7. The van der Waals surface area contributed by atoms with E-state index in [1.165, 1.54) is 5.39 Å². The molecule has 0 aliphatic rings. The molecule has 0 atom stereocenters. The summed E-state index contributed by atoms with van der Waals surface area (Å²) in [4.78, 5) is 15.8. The predicted molar refractivity (Wildman–Crippen MR) is 235 cm³/mol. The average molecular weight is 728 g/mol. The highest BCUT2D eigenvalue weighted by atomic mass is 16.3. The molecule has 4 nitrogen and oxygen atoms in total. The van der Waals surface area contributed by atoms with Crippen molar-refractivity contribution < 1.29 is 4.42 Å². The molecular formula is C53H33N3O. The Hall–Kier alpha value is -7.69. The van der Waals surface area contributed by atoms with Crippen molar-refractivity contribution in [2.75, 3.05) is 0 Å². The van der Waals surface area contributed by atoms with Crippen LogP contribution in [0.3, 0.4) is 0 Å². The molecule has 0 aliphatic carbocycles. The number of benzene rings is 9. The highest BCUT2D eigenvalue weighted by molar-refractivity contribution is 6.16.